The Labute approximate surface area is 188 Å². The SMILES string of the molecule is Cc1ccc(-c2ccn3nc(N)nc3c2F)c(F)c1C(=O)NCCCc1ccc(Cl)cc1. The zero-order valence-corrected chi connectivity index (χ0v) is 18.0. The maximum atomic E-state index is 15.4. The first-order valence-corrected chi connectivity index (χ1v) is 10.4. The third-order valence-corrected chi connectivity index (χ3v) is 5.42. The number of benzene rings is 2. The summed E-state index contributed by atoms with van der Waals surface area (Å²) in [6.45, 7) is 2.00. The van der Waals surface area contributed by atoms with Gasteiger partial charge in [-0.05, 0) is 49.1 Å². The number of aromatic nitrogens is 3. The fourth-order valence-electron chi connectivity index (χ4n) is 3.53. The van der Waals surface area contributed by atoms with Crippen molar-refractivity contribution in [3.05, 3.63) is 82.0 Å². The van der Waals surface area contributed by atoms with E-state index in [-0.39, 0.29) is 28.3 Å². The molecule has 0 fully saturated rings. The molecular weight excluding hydrogens is 436 g/mol. The van der Waals surface area contributed by atoms with E-state index in [1.165, 1.54) is 22.8 Å². The number of carbonyl (C=O) groups excluding carboxylic acids is 1. The number of nitrogens with two attached hydrogens (primary N) is 1. The van der Waals surface area contributed by atoms with Crippen LogP contribution in [-0.4, -0.2) is 27.0 Å². The van der Waals surface area contributed by atoms with Crippen LogP contribution in [0.4, 0.5) is 14.7 Å². The van der Waals surface area contributed by atoms with Gasteiger partial charge in [0.05, 0.1) is 5.56 Å². The van der Waals surface area contributed by atoms with E-state index in [4.69, 9.17) is 17.3 Å². The molecule has 0 aliphatic heterocycles. The van der Waals surface area contributed by atoms with Crippen LogP contribution in [0.5, 0.6) is 0 Å². The summed E-state index contributed by atoms with van der Waals surface area (Å²) in [5, 5.41) is 7.25. The molecule has 0 unspecified atom stereocenters. The van der Waals surface area contributed by atoms with Crippen molar-refractivity contribution in [2.24, 2.45) is 0 Å². The smallest absolute Gasteiger partial charge is 0.254 e. The van der Waals surface area contributed by atoms with Gasteiger partial charge in [-0.15, -0.1) is 5.10 Å². The summed E-state index contributed by atoms with van der Waals surface area (Å²) in [6, 6.07) is 11.9. The molecule has 2 heterocycles. The number of hydrogen-bond donors (Lipinski definition) is 2. The van der Waals surface area contributed by atoms with Gasteiger partial charge in [0.25, 0.3) is 5.91 Å². The highest BCUT2D eigenvalue weighted by molar-refractivity contribution is 6.30. The van der Waals surface area contributed by atoms with Gasteiger partial charge < -0.3 is 11.1 Å². The molecule has 6 nitrogen and oxygen atoms in total. The lowest BCUT2D eigenvalue weighted by atomic mass is 9.98. The molecule has 9 heteroatoms. The molecule has 32 heavy (non-hydrogen) atoms. The Morgan fingerprint density at radius 2 is 1.81 bits per heavy atom. The van der Waals surface area contributed by atoms with Crippen LogP contribution in [-0.2, 0) is 6.42 Å². The lowest BCUT2D eigenvalue weighted by Crippen LogP contribution is -2.26. The number of nitrogens with zero attached hydrogens (tertiary/aromatic N) is 3. The summed E-state index contributed by atoms with van der Waals surface area (Å²) in [5.41, 5.74) is 6.76. The molecule has 2 aromatic carbocycles. The summed E-state index contributed by atoms with van der Waals surface area (Å²) in [4.78, 5) is 16.6. The standard InChI is InChI=1S/C23H20ClF2N5O/c1-13-4-9-16(17-10-12-31-21(20(17)26)29-23(27)30-31)19(25)18(13)22(32)28-11-2-3-14-5-7-15(24)8-6-14/h4-10,12H,2-3,11H2,1H3,(H2,27,30)(H,28,32). The van der Waals surface area contributed by atoms with Crippen LogP contribution >= 0.6 is 11.6 Å². The predicted octanol–water partition coefficient (Wildman–Crippen LogP) is 4.58. The van der Waals surface area contributed by atoms with Crippen molar-refractivity contribution in [2.45, 2.75) is 19.8 Å². The lowest BCUT2D eigenvalue weighted by molar-refractivity contribution is 0.0948. The largest absolute Gasteiger partial charge is 0.366 e. The monoisotopic (exact) mass is 455 g/mol. The molecule has 0 spiro atoms. The highest BCUT2D eigenvalue weighted by Gasteiger charge is 2.22. The molecule has 0 saturated heterocycles. The van der Waals surface area contributed by atoms with E-state index >= 15 is 4.39 Å². The Hall–Kier alpha value is -3.52. The molecule has 0 aliphatic carbocycles. The second kappa shape index (κ2) is 8.92. The van der Waals surface area contributed by atoms with Gasteiger partial charge in [0.1, 0.15) is 5.82 Å². The van der Waals surface area contributed by atoms with Crippen molar-refractivity contribution in [1.82, 2.24) is 19.9 Å². The van der Waals surface area contributed by atoms with Crippen molar-refractivity contribution < 1.29 is 13.6 Å². The minimum Gasteiger partial charge on any atom is -0.366 e. The van der Waals surface area contributed by atoms with Gasteiger partial charge in [-0.25, -0.2) is 13.3 Å². The van der Waals surface area contributed by atoms with Crippen LogP contribution in [0, 0.1) is 18.6 Å². The second-order valence-corrected chi connectivity index (χ2v) is 7.82. The fourth-order valence-corrected chi connectivity index (χ4v) is 3.66. The molecule has 2 aromatic heterocycles. The summed E-state index contributed by atoms with van der Waals surface area (Å²) in [7, 11) is 0. The number of rotatable bonds is 6. The topological polar surface area (TPSA) is 85.3 Å². The maximum Gasteiger partial charge on any atom is 0.254 e. The Kier molecular flexibility index (Phi) is 6.05. The van der Waals surface area contributed by atoms with Crippen LogP contribution in [0.3, 0.4) is 0 Å². The fraction of sp³-hybridized carbons (Fsp3) is 0.174. The van der Waals surface area contributed by atoms with Crippen LogP contribution in [0.1, 0.15) is 27.9 Å². The van der Waals surface area contributed by atoms with E-state index in [2.05, 4.69) is 15.4 Å². The molecule has 3 N–H and O–H groups in total. The molecule has 0 atom stereocenters. The first-order valence-electron chi connectivity index (χ1n) is 9.97. The molecule has 4 aromatic rings. The zero-order valence-electron chi connectivity index (χ0n) is 17.2. The van der Waals surface area contributed by atoms with Crippen LogP contribution in [0.15, 0.2) is 48.7 Å². The van der Waals surface area contributed by atoms with Gasteiger partial charge in [-0.1, -0.05) is 35.9 Å². The average Bonchev–Trinajstić information content (AvgIpc) is 3.15. The predicted molar refractivity (Wildman–Crippen MR) is 120 cm³/mol. The highest BCUT2D eigenvalue weighted by atomic mass is 35.5. The minimum atomic E-state index is -0.795. The molecule has 4 rings (SSSR count). The second-order valence-electron chi connectivity index (χ2n) is 7.39. The van der Waals surface area contributed by atoms with Gasteiger partial charge in [-0.3, -0.25) is 4.79 Å². The number of fused-ring (bicyclic) bond motifs is 1. The van der Waals surface area contributed by atoms with E-state index in [0.29, 0.717) is 23.6 Å². The number of halogens is 3. The number of nitrogens with one attached hydrogen (secondary N) is 1. The number of amides is 1. The van der Waals surface area contributed by atoms with Gasteiger partial charge in [0, 0.05) is 28.9 Å². The number of carbonyl (C=O) groups is 1. The van der Waals surface area contributed by atoms with Crippen molar-refractivity contribution in [1.29, 1.82) is 0 Å². The Bertz CT molecular complexity index is 1300. The van der Waals surface area contributed by atoms with Crippen LogP contribution in [0.25, 0.3) is 16.8 Å². The number of aryl methyl sites for hydroxylation is 2. The molecule has 1 amide bonds. The summed E-state index contributed by atoms with van der Waals surface area (Å²) in [5.74, 6) is -2.21. The number of pyridine rings is 1. The summed E-state index contributed by atoms with van der Waals surface area (Å²) >= 11 is 5.88. The first-order chi connectivity index (χ1) is 15.3. The third kappa shape index (κ3) is 4.27. The highest BCUT2D eigenvalue weighted by Crippen LogP contribution is 2.30. The zero-order chi connectivity index (χ0) is 22.8. The third-order valence-electron chi connectivity index (χ3n) is 5.17. The molecule has 0 aliphatic rings. The lowest BCUT2D eigenvalue weighted by Gasteiger charge is -2.13. The van der Waals surface area contributed by atoms with Crippen molar-refractivity contribution in [3.8, 4) is 11.1 Å². The quantitative estimate of drug-likeness (QED) is 0.417. The van der Waals surface area contributed by atoms with Gasteiger partial charge in [0.2, 0.25) is 5.95 Å². The van der Waals surface area contributed by atoms with Crippen molar-refractivity contribution >= 4 is 29.1 Å². The van der Waals surface area contributed by atoms with Crippen LogP contribution < -0.4 is 11.1 Å². The molecular formula is C23H20ClF2N5O. The average molecular weight is 456 g/mol. The van der Waals surface area contributed by atoms with Crippen LogP contribution in [0.2, 0.25) is 5.02 Å². The molecule has 0 bridgehead atoms. The van der Waals surface area contributed by atoms with Crippen molar-refractivity contribution in [2.75, 3.05) is 12.3 Å². The van der Waals surface area contributed by atoms with E-state index in [9.17, 15) is 9.18 Å². The van der Waals surface area contributed by atoms with E-state index < -0.39 is 17.5 Å². The Balaban J connectivity index is 1.53. The normalized spacial score (nSPS) is 11.1. The summed E-state index contributed by atoms with van der Waals surface area (Å²) < 4.78 is 31.5. The van der Waals surface area contributed by atoms with Gasteiger partial charge in [0.15, 0.2) is 11.5 Å². The number of hydrogen-bond acceptors (Lipinski definition) is 4. The maximum absolute atomic E-state index is 15.4. The first kappa shape index (κ1) is 21.7. The molecule has 0 saturated carbocycles. The molecule has 0 radical (unpaired) electrons. The van der Waals surface area contributed by atoms with E-state index in [0.717, 1.165) is 12.0 Å². The Morgan fingerprint density at radius 1 is 1.09 bits per heavy atom. The molecule has 164 valence electrons. The number of nitrogen functional groups attached to an aromatic ring is 1. The Morgan fingerprint density at radius 3 is 2.56 bits per heavy atom. The number of anilines is 1. The van der Waals surface area contributed by atoms with Crippen molar-refractivity contribution in [3.63, 3.8) is 0 Å². The van der Waals surface area contributed by atoms with Gasteiger partial charge in [-0.2, -0.15) is 4.98 Å². The van der Waals surface area contributed by atoms with E-state index in [1.807, 2.05) is 24.3 Å². The van der Waals surface area contributed by atoms with Gasteiger partial charge >= 0.3 is 0 Å². The minimum absolute atomic E-state index is 0.0285. The summed E-state index contributed by atoms with van der Waals surface area (Å²) in [6.07, 6.45) is 2.85. The van der Waals surface area contributed by atoms with E-state index in [1.54, 1.807) is 13.0 Å².